The molecule has 14 heteroatoms. The molecule has 0 spiro atoms. The van der Waals surface area contributed by atoms with Crippen LogP contribution in [0.2, 0.25) is 0 Å². The van der Waals surface area contributed by atoms with E-state index in [0.29, 0.717) is 43.6 Å². The Balaban J connectivity index is 0.000000170. The molecular weight excluding hydrogens is 925 g/mol. The summed E-state index contributed by atoms with van der Waals surface area (Å²) in [6, 6.07) is 49.4. The minimum atomic E-state index is -0.137. The maximum absolute atomic E-state index is 13.6. The number of carbonyl (C=O) groups is 2. The number of fused-ring (bicyclic) bond motifs is 2. The van der Waals surface area contributed by atoms with Crippen LogP contribution in [0, 0.1) is 0 Å². The molecule has 14 nitrogen and oxygen atoms in total. The van der Waals surface area contributed by atoms with Crippen molar-refractivity contribution in [3.8, 4) is 33.8 Å². The number of benzene rings is 6. The first-order valence-electron chi connectivity index (χ1n) is 24.9. The molecule has 11 rings (SSSR count). The van der Waals surface area contributed by atoms with E-state index in [2.05, 4.69) is 137 Å². The monoisotopic (exact) mass is 984 g/mol. The van der Waals surface area contributed by atoms with Gasteiger partial charge in [0.15, 0.2) is 0 Å². The van der Waals surface area contributed by atoms with E-state index < -0.39 is 0 Å². The largest absolute Gasteiger partial charge is 0.497 e. The number of nitrogens with one attached hydrogen (secondary N) is 6. The lowest BCUT2D eigenvalue weighted by Gasteiger charge is -2.25. The standard InChI is InChI=1S/C31H31N5O2.C29H29N5O2/c1-38-25-10-5-7-21(15-25)17-32-31(37)30-27(20-36-14-6-11-29(36)22-8-3-2-4-9-22)26-13-12-23(16-28(26)35-30)24-18-33-34-19-24;1-34(18-20-7-4-3-5-8-20)19-26-25-12-11-22(23-16-31-32-17-23)14-27(25)33-28(26)29(35)30-15-21-9-6-10-24(13-21)36-2/h2-5,7-10,12-13,15-16,18-19,29,35H,6,11,14,17,20H2,1H3,(H,32,37)(H,33,34);3-14,16-17,33H,15,18-19H2,1-2H3,(H,30,35)(H,31,32). The van der Waals surface area contributed by atoms with Crippen molar-refractivity contribution >= 4 is 33.6 Å². The molecule has 10 aromatic rings. The third kappa shape index (κ3) is 11.3. The van der Waals surface area contributed by atoms with E-state index in [1.54, 1.807) is 20.4 Å². The third-order valence-corrected chi connectivity index (χ3v) is 13.7. The second-order valence-electron chi connectivity index (χ2n) is 18.7. The maximum Gasteiger partial charge on any atom is 0.268 e. The molecule has 1 unspecified atom stereocenters. The molecule has 1 saturated heterocycles. The summed E-state index contributed by atoms with van der Waals surface area (Å²) in [6.07, 6.45) is 9.60. The van der Waals surface area contributed by atoms with Gasteiger partial charge in [0.05, 0.1) is 26.6 Å². The normalized spacial score (nSPS) is 13.5. The Morgan fingerprint density at radius 3 is 1.68 bits per heavy atom. The van der Waals surface area contributed by atoms with E-state index in [4.69, 9.17) is 9.47 Å². The van der Waals surface area contributed by atoms with Crippen LogP contribution in [0.4, 0.5) is 0 Å². The SMILES string of the molecule is COc1cccc(CNC(=O)c2[nH]c3cc(-c4cn[nH]c4)ccc3c2CN(C)Cc2ccccc2)c1.COc1cccc(CNC(=O)c2[nH]c3cc(-c4cn[nH]c4)ccc3c2CN2CCCC2c2ccccc2)c1. The number of H-pyrrole nitrogens is 4. The highest BCUT2D eigenvalue weighted by Gasteiger charge is 2.29. The number of amides is 2. The summed E-state index contributed by atoms with van der Waals surface area (Å²) in [5.41, 5.74) is 13.7. The van der Waals surface area contributed by atoms with Crippen LogP contribution in [0.3, 0.4) is 0 Å². The third-order valence-electron chi connectivity index (χ3n) is 13.7. The minimum Gasteiger partial charge on any atom is -0.497 e. The van der Waals surface area contributed by atoms with Gasteiger partial charge in [0.1, 0.15) is 22.9 Å². The Morgan fingerprint density at radius 2 is 1.14 bits per heavy atom. The second-order valence-corrected chi connectivity index (χ2v) is 18.7. The number of methoxy groups -OCH3 is 2. The lowest BCUT2D eigenvalue weighted by Crippen LogP contribution is -2.27. The van der Waals surface area contributed by atoms with Crippen LogP contribution in [0.15, 0.2) is 170 Å². The van der Waals surface area contributed by atoms with Crippen molar-refractivity contribution in [3.63, 3.8) is 0 Å². The van der Waals surface area contributed by atoms with Crippen LogP contribution in [-0.4, -0.2) is 79.8 Å². The van der Waals surface area contributed by atoms with Crippen molar-refractivity contribution in [2.75, 3.05) is 27.8 Å². The van der Waals surface area contributed by atoms with Gasteiger partial charge in [-0.05, 0) is 96.2 Å². The minimum absolute atomic E-state index is 0.112. The predicted molar refractivity (Wildman–Crippen MR) is 291 cm³/mol. The van der Waals surface area contributed by atoms with E-state index in [-0.39, 0.29) is 11.8 Å². The number of carbonyl (C=O) groups excluding carboxylic acids is 2. The summed E-state index contributed by atoms with van der Waals surface area (Å²) < 4.78 is 10.6. The lowest BCUT2D eigenvalue weighted by molar-refractivity contribution is 0.0936. The molecule has 2 amide bonds. The molecule has 74 heavy (non-hydrogen) atoms. The van der Waals surface area contributed by atoms with Crippen LogP contribution in [0.1, 0.15) is 73.2 Å². The Bertz CT molecular complexity index is 3460. The Kier molecular flexibility index (Phi) is 15.1. The number of ether oxygens (including phenoxy) is 2. The zero-order valence-electron chi connectivity index (χ0n) is 41.8. The Labute approximate surface area is 430 Å². The van der Waals surface area contributed by atoms with E-state index in [1.165, 1.54) is 11.1 Å². The molecule has 0 radical (unpaired) electrons. The molecular formula is C60H60N10O4. The first kappa shape index (κ1) is 48.9. The Morgan fingerprint density at radius 1 is 0.608 bits per heavy atom. The van der Waals surface area contributed by atoms with Gasteiger partial charge in [0, 0.05) is 95.2 Å². The summed E-state index contributed by atoms with van der Waals surface area (Å²) in [7, 11) is 5.36. The number of rotatable bonds is 17. The van der Waals surface area contributed by atoms with Gasteiger partial charge < -0.3 is 30.1 Å². The first-order valence-corrected chi connectivity index (χ1v) is 24.9. The van der Waals surface area contributed by atoms with E-state index in [0.717, 1.165) is 104 Å². The van der Waals surface area contributed by atoms with Crippen molar-refractivity contribution in [1.82, 2.24) is 50.8 Å². The molecule has 374 valence electrons. The van der Waals surface area contributed by atoms with E-state index in [1.807, 2.05) is 85.3 Å². The quantitative estimate of drug-likeness (QED) is 0.0523. The van der Waals surface area contributed by atoms with Gasteiger partial charge in [-0.3, -0.25) is 29.6 Å². The van der Waals surface area contributed by atoms with Crippen LogP contribution in [0.5, 0.6) is 11.5 Å². The highest BCUT2D eigenvalue weighted by molar-refractivity contribution is 6.03. The fourth-order valence-corrected chi connectivity index (χ4v) is 10.0. The van der Waals surface area contributed by atoms with Gasteiger partial charge in [-0.1, -0.05) is 109 Å². The summed E-state index contributed by atoms with van der Waals surface area (Å²) >= 11 is 0. The topological polar surface area (TPSA) is 172 Å². The van der Waals surface area contributed by atoms with Crippen molar-refractivity contribution in [2.24, 2.45) is 0 Å². The summed E-state index contributed by atoms with van der Waals surface area (Å²) in [4.78, 5) is 38.6. The Hall–Kier alpha value is -8.72. The van der Waals surface area contributed by atoms with Crippen LogP contribution in [-0.2, 0) is 32.7 Å². The average molecular weight is 985 g/mol. The lowest BCUT2D eigenvalue weighted by atomic mass is 10.0. The van der Waals surface area contributed by atoms with Gasteiger partial charge in [-0.15, -0.1) is 0 Å². The van der Waals surface area contributed by atoms with Gasteiger partial charge >= 0.3 is 0 Å². The number of likely N-dealkylation sites (tertiary alicyclic amines) is 1. The number of aromatic nitrogens is 6. The van der Waals surface area contributed by atoms with Crippen molar-refractivity contribution < 1.29 is 19.1 Å². The molecule has 1 atom stereocenters. The number of nitrogens with zero attached hydrogens (tertiary/aromatic N) is 4. The number of hydrogen-bond acceptors (Lipinski definition) is 8. The second kappa shape index (κ2) is 22.8. The van der Waals surface area contributed by atoms with Gasteiger partial charge in [0.2, 0.25) is 0 Å². The molecule has 0 bridgehead atoms. The zero-order valence-corrected chi connectivity index (χ0v) is 41.8. The van der Waals surface area contributed by atoms with Crippen molar-refractivity contribution in [3.05, 3.63) is 215 Å². The molecule has 5 heterocycles. The van der Waals surface area contributed by atoms with Crippen molar-refractivity contribution in [2.45, 2.75) is 51.6 Å². The van der Waals surface area contributed by atoms with Gasteiger partial charge in [-0.25, -0.2) is 0 Å². The first-order chi connectivity index (χ1) is 36.3. The molecule has 0 aliphatic carbocycles. The predicted octanol–water partition coefficient (Wildman–Crippen LogP) is 11.0. The molecule has 4 aromatic heterocycles. The highest BCUT2D eigenvalue weighted by atomic mass is 16.5. The van der Waals surface area contributed by atoms with Crippen LogP contribution < -0.4 is 20.1 Å². The molecule has 6 N–H and O–H groups in total. The summed E-state index contributed by atoms with van der Waals surface area (Å²) in [5, 5.41) is 22.2. The fraction of sp³-hybridized carbons (Fsp3) is 0.200. The smallest absolute Gasteiger partial charge is 0.268 e. The van der Waals surface area contributed by atoms with E-state index in [9.17, 15) is 9.59 Å². The fourth-order valence-electron chi connectivity index (χ4n) is 10.0. The van der Waals surface area contributed by atoms with Crippen LogP contribution >= 0.6 is 0 Å². The molecule has 0 saturated carbocycles. The molecule has 1 fully saturated rings. The molecule has 1 aliphatic heterocycles. The molecule has 6 aromatic carbocycles. The molecule has 1 aliphatic rings. The highest BCUT2D eigenvalue weighted by Crippen LogP contribution is 2.36. The maximum atomic E-state index is 13.6. The van der Waals surface area contributed by atoms with Crippen LogP contribution in [0.25, 0.3) is 44.1 Å². The zero-order chi connectivity index (χ0) is 50.8. The number of hydrogen-bond donors (Lipinski definition) is 6. The summed E-state index contributed by atoms with van der Waals surface area (Å²) in [5.74, 6) is 1.29. The average Bonchev–Trinajstić information content (AvgIpc) is 4.32. The summed E-state index contributed by atoms with van der Waals surface area (Å²) in [6.45, 7) is 3.94. The van der Waals surface area contributed by atoms with Crippen molar-refractivity contribution in [1.29, 1.82) is 0 Å². The number of aromatic amines is 4. The van der Waals surface area contributed by atoms with E-state index >= 15 is 0 Å². The van der Waals surface area contributed by atoms with Gasteiger partial charge in [-0.2, -0.15) is 10.2 Å². The van der Waals surface area contributed by atoms with Gasteiger partial charge in [0.25, 0.3) is 11.8 Å².